The summed E-state index contributed by atoms with van der Waals surface area (Å²) in [7, 11) is 5.94. The van der Waals surface area contributed by atoms with Crippen molar-refractivity contribution in [2.24, 2.45) is 0 Å². The molecule has 2 aromatic rings. The summed E-state index contributed by atoms with van der Waals surface area (Å²) < 4.78 is 0. The number of likely N-dealkylation sites (N-methyl/N-ethyl adjacent to an activating group) is 1. The lowest BCUT2D eigenvalue weighted by Gasteiger charge is -2.26. The molecule has 0 aliphatic rings. The predicted molar refractivity (Wildman–Crippen MR) is 99.0 cm³/mol. The van der Waals surface area contributed by atoms with Crippen molar-refractivity contribution in [1.29, 1.82) is 0 Å². The second kappa shape index (κ2) is 8.64. The van der Waals surface area contributed by atoms with Gasteiger partial charge in [-0.15, -0.1) is 0 Å². The van der Waals surface area contributed by atoms with E-state index < -0.39 is 0 Å². The first-order chi connectivity index (χ1) is 11.5. The van der Waals surface area contributed by atoms with Gasteiger partial charge in [-0.1, -0.05) is 31.5 Å². The van der Waals surface area contributed by atoms with Crippen molar-refractivity contribution < 1.29 is 4.79 Å². The number of hydrogen-bond donors (Lipinski definition) is 1. The maximum atomic E-state index is 12.4. The van der Waals surface area contributed by atoms with Gasteiger partial charge in [0, 0.05) is 44.0 Å². The van der Waals surface area contributed by atoms with E-state index in [4.69, 9.17) is 0 Å². The molecular formula is C19H28N4O. The van der Waals surface area contributed by atoms with Gasteiger partial charge in [0.25, 0.3) is 0 Å². The maximum Gasteiger partial charge on any atom is 0.317 e. The lowest BCUT2D eigenvalue weighted by molar-refractivity contribution is 0.199. The molecule has 0 fully saturated rings. The molecule has 2 rings (SSSR count). The van der Waals surface area contributed by atoms with Crippen LogP contribution in [-0.4, -0.2) is 54.5 Å². The Bertz CT molecular complexity index is 666. The summed E-state index contributed by atoms with van der Waals surface area (Å²) in [5, 5.41) is 5.29. The van der Waals surface area contributed by atoms with E-state index in [1.54, 1.807) is 11.1 Å². The molecule has 5 heteroatoms. The molecule has 0 saturated carbocycles. The highest BCUT2D eigenvalue weighted by molar-refractivity contribution is 5.85. The Morgan fingerprint density at radius 1 is 1.25 bits per heavy atom. The van der Waals surface area contributed by atoms with Gasteiger partial charge in [0.15, 0.2) is 0 Å². The number of amides is 2. The van der Waals surface area contributed by atoms with E-state index in [-0.39, 0.29) is 6.03 Å². The van der Waals surface area contributed by atoms with E-state index in [2.05, 4.69) is 42.3 Å². The van der Waals surface area contributed by atoms with Crippen LogP contribution < -0.4 is 5.32 Å². The Hall–Kier alpha value is -2.14. The molecule has 0 aliphatic heterocycles. The van der Waals surface area contributed by atoms with Crippen LogP contribution in [0, 0.1) is 0 Å². The van der Waals surface area contributed by atoms with E-state index in [0.29, 0.717) is 19.1 Å². The number of rotatable bonds is 7. The van der Waals surface area contributed by atoms with Gasteiger partial charge in [0.1, 0.15) is 0 Å². The molecule has 130 valence electrons. The minimum absolute atomic E-state index is 0.0380. The van der Waals surface area contributed by atoms with Crippen LogP contribution in [0.5, 0.6) is 0 Å². The first-order valence-electron chi connectivity index (χ1n) is 8.50. The van der Waals surface area contributed by atoms with Crippen molar-refractivity contribution in [3.05, 3.63) is 42.2 Å². The van der Waals surface area contributed by atoms with E-state index in [0.717, 1.165) is 29.2 Å². The third kappa shape index (κ3) is 4.68. The minimum atomic E-state index is -0.0380. The van der Waals surface area contributed by atoms with Crippen LogP contribution in [-0.2, 0) is 6.54 Å². The van der Waals surface area contributed by atoms with Gasteiger partial charge in [-0.2, -0.15) is 0 Å². The Morgan fingerprint density at radius 2 is 2.04 bits per heavy atom. The molecule has 1 heterocycles. The largest absolute Gasteiger partial charge is 0.336 e. The van der Waals surface area contributed by atoms with E-state index >= 15 is 0 Å². The fourth-order valence-electron chi connectivity index (χ4n) is 2.87. The number of urea groups is 1. The monoisotopic (exact) mass is 328 g/mol. The van der Waals surface area contributed by atoms with Crippen molar-refractivity contribution in [1.82, 2.24) is 20.1 Å². The molecule has 0 aliphatic carbocycles. The van der Waals surface area contributed by atoms with Crippen molar-refractivity contribution in [2.75, 3.05) is 27.7 Å². The number of carbonyl (C=O) groups excluding carboxylic acids is 1. The average Bonchev–Trinajstić information content (AvgIpc) is 2.58. The highest BCUT2D eigenvalue weighted by atomic mass is 16.2. The molecule has 0 bridgehead atoms. The first-order valence-corrected chi connectivity index (χ1v) is 8.50. The second-order valence-electron chi connectivity index (χ2n) is 6.46. The topological polar surface area (TPSA) is 48.5 Å². The third-order valence-corrected chi connectivity index (χ3v) is 4.37. The summed E-state index contributed by atoms with van der Waals surface area (Å²) in [6.45, 7) is 3.41. The molecule has 0 spiro atoms. The molecule has 1 atom stereocenters. The molecule has 1 aromatic carbocycles. The van der Waals surface area contributed by atoms with Crippen LogP contribution in [0.25, 0.3) is 10.8 Å². The van der Waals surface area contributed by atoms with Crippen molar-refractivity contribution >= 4 is 16.8 Å². The Balaban J connectivity index is 1.98. The summed E-state index contributed by atoms with van der Waals surface area (Å²) in [5.41, 5.74) is 1.13. The van der Waals surface area contributed by atoms with Crippen LogP contribution in [0.1, 0.15) is 25.3 Å². The van der Waals surface area contributed by atoms with Gasteiger partial charge in [0.2, 0.25) is 0 Å². The standard InChI is InChI=1S/C19H28N4O/c1-5-7-17(22(2)3)13-21-19(24)23(4)14-16-9-6-8-15-12-20-11-10-18(15)16/h6,8-12,17H,5,7,13-14H2,1-4H3,(H,21,24)/t17-/m1/s1. The van der Waals surface area contributed by atoms with E-state index in [1.807, 2.05) is 31.4 Å². The number of aromatic nitrogens is 1. The van der Waals surface area contributed by atoms with Crippen molar-refractivity contribution in [2.45, 2.75) is 32.4 Å². The van der Waals surface area contributed by atoms with Crippen LogP contribution in [0.4, 0.5) is 4.79 Å². The van der Waals surface area contributed by atoms with Crippen LogP contribution >= 0.6 is 0 Å². The number of nitrogens with one attached hydrogen (secondary N) is 1. The molecular weight excluding hydrogens is 300 g/mol. The smallest absolute Gasteiger partial charge is 0.317 e. The summed E-state index contributed by atoms with van der Waals surface area (Å²) in [5.74, 6) is 0. The zero-order chi connectivity index (χ0) is 17.5. The molecule has 2 amide bonds. The average molecular weight is 328 g/mol. The Kier molecular flexibility index (Phi) is 6.55. The second-order valence-corrected chi connectivity index (χ2v) is 6.46. The molecule has 5 nitrogen and oxygen atoms in total. The van der Waals surface area contributed by atoms with Gasteiger partial charge in [-0.25, -0.2) is 4.79 Å². The fraction of sp³-hybridized carbons (Fsp3) is 0.474. The predicted octanol–water partition coefficient (Wildman–Crippen LogP) is 3.11. The van der Waals surface area contributed by atoms with Gasteiger partial charge in [0.05, 0.1) is 0 Å². The van der Waals surface area contributed by atoms with E-state index in [9.17, 15) is 4.79 Å². The normalized spacial score (nSPS) is 12.4. The summed E-state index contributed by atoms with van der Waals surface area (Å²) >= 11 is 0. The molecule has 0 unspecified atom stereocenters. The Labute approximate surface area is 144 Å². The van der Waals surface area contributed by atoms with Crippen LogP contribution in [0.15, 0.2) is 36.7 Å². The zero-order valence-electron chi connectivity index (χ0n) is 15.1. The number of benzene rings is 1. The van der Waals surface area contributed by atoms with Crippen molar-refractivity contribution in [3.63, 3.8) is 0 Å². The SMILES string of the molecule is CCC[C@H](CNC(=O)N(C)Cc1cccc2cnccc12)N(C)C. The zero-order valence-corrected chi connectivity index (χ0v) is 15.1. The van der Waals surface area contributed by atoms with Gasteiger partial charge >= 0.3 is 6.03 Å². The molecule has 0 saturated heterocycles. The highest BCUT2D eigenvalue weighted by Gasteiger charge is 2.15. The molecule has 0 radical (unpaired) electrons. The summed E-state index contributed by atoms with van der Waals surface area (Å²) in [6, 6.07) is 8.44. The van der Waals surface area contributed by atoms with Crippen LogP contribution in [0.2, 0.25) is 0 Å². The number of pyridine rings is 1. The number of nitrogens with zero attached hydrogens (tertiary/aromatic N) is 3. The van der Waals surface area contributed by atoms with Gasteiger partial charge in [-0.3, -0.25) is 4.98 Å². The lowest BCUT2D eigenvalue weighted by Crippen LogP contribution is -2.44. The number of carbonyl (C=O) groups is 1. The molecule has 1 N–H and O–H groups in total. The lowest BCUT2D eigenvalue weighted by atomic mass is 10.1. The number of hydrogen-bond acceptors (Lipinski definition) is 3. The quantitative estimate of drug-likeness (QED) is 0.849. The number of fused-ring (bicyclic) bond motifs is 1. The Morgan fingerprint density at radius 3 is 2.75 bits per heavy atom. The van der Waals surface area contributed by atoms with Gasteiger partial charge in [-0.05, 0) is 37.5 Å². The van der Waals surface area contributed by atoms with Crippen molar-refractivity contribution in [3.8, 4) is 0 Å². The van der Waals surface area contributed by atoms with Crippen LogP contribution in [0.3, 0.4) is 0 Å². The van der Waals surface area contributed by atoms with Gasteiger partial charge < -0.3 is 15.1 Å². The molecule has 24 heavy (non-hydrogen) atoms. The maximum absolute atomic E-state index is 12.4. The third-order valence-electron chi connectivity index (χ3n) is 4.37. The summed E-state index contributed by atoms with van der Waals surface area (Å²) in [4.78, 5) is 20.5. The fourth-order valence-corrected chi connectivity index (χ4v) is 2.87. The minimum Gasteiger partial charge on any atom is -0.336 e. The first kappa shape index (κ1) is 18.2. The van der Waals surface area contributed by atoms with E-state index in [1.165, 1.54) is 0 Å². The highest BCUT2D eigenvalue weighted by Crippen LogP contribution is 2.18. The summed E-state index contributed by atoms with van der Waals surface area (Å²) in [6.07, 6.45) is 5.83. The molecule has 1 aromatic heterocycles.